The maximum Gasteiger partial charge on any atom is 0.254 e. The van der Waals surface area contributed by atoms with Gasteiger partial charge in [0.2, 0.25) is 0 Å². The van der Waals surface area contributed by atoms with E-state index >= 15 is 0 Å². The molecule has 150 valence electrons. The summed E-state index contributed by atoms with van der Waals surface area (Å²) in [5.74, 6) is -0.557. The van der Waals surface area contributed by atoms with E-state index in [9.17, 15) is 9.59 Å². The maximum atomic E-state index is 12.1. The first-order chi connectivity index (χ1) is 13.4. The van der Waals surface area contributed by atoms with Crippen molar-refractivity contribution in [1.82, 2.24) is 10.6 Å². The van der Waals surface area contributed by atoms with E-state index in [0.717, 1.165) is 25.7 Å². The van der Waals surface area contributed by atoms with Crippen LogP contribution in [0.15, 0.2) is 36.4 Å². The third-order valence-electron chi connectivity index (χ3n) is 4.05. The van der Waals surface area contributed by atoms with Crippen molar-refractivity contribution in [3.8, 4) is 0 Å². The van der Waals surface area contributed by atoms with E-state index in [-0.39, 0.29) is 11.8 Å². The highest BCUT2D eigenvalue weighted by atomic mass is 35.5. The number of hydrogen-bond acceptors (Lipinski definition) is 2. The van der Waals surface area contributed by atoms with Gasteiger partial charge in [0.15, 0.2) is 0 Å². The van der Waals surface area contributed by atoms with Crippen LogP contribution in [0.1, 0.15) is 46.4 Å². The number of amides is 2. The molecule has 0 radical (unpaired) electrons. The summed E-state index contributed by atoms with van der Waals surface area (Å²) in [6.07, 6.45) is 3.47. The molecule has 2 N–H and O–H groups in total. The lowest BCUT2D eigenvalue weighted by molar-refractivity contribution is 0.0943. The van der Waals surface area contributed by atoms with Crippen LogP contribution in [0.25, 0.3) is 0 Å². The number of unbranched alkanes of at least 4 members (excludes halogenated alkanes) is 3. The van der Waals surface area contributed by atoms with Gasteiger partial charge in [0, 0.05) is 13.1 Å². The molecule has 28 heavy (non-hydrogen) atoms. The Hall–Kier alpha value is -1.46. The van der Waals surface area contributed by atoms with Gasteiger partial charge in [0.1, 0.15) is 0 Å². The first kappa shape index (κ1) is 22.8. The largest absolute Gasteiger partial charge is 0.352 e. The summed E-state index contributed by atoms with van der Waals surface area (Å²) < 4.78 is 0. The van der Waals surface area contributed by atoms with E-state index in [1.54, 1.807) is 36.4 Å². The summed E-state index contributed by atoms with van der Waals surface area (Å²) in [5.41, 5.74) is 0.596. The zero-order chi connectivity index (χ0) is 20.5. The molecule has 4 nitrogen and oxygen atoms in total. The average Bonchev–Trinajstić information content (AvgIpc) is 2.63. The van der Waals surface area contributed by atoms with Gasteiger partial charge in [-0.1, -0.05) is 71.4 Å². The Morgan fingerprint density at radius 1 is 0.607 bits per heavy atom. The van der Waals surface area contributed by atoms with Crippen molar-refractivity contribution in [3.05, 3.63) is 67.6 Å². The fourth-order valence-electron chi connectivity index (χ4n) is 2.61. The van der Waals surface area contributed by atoms with E-state index in [2.05, 4.69) is 10.6 Å². The number of carbonyl (C=O) groups is 2. The van der Waals surface area contributed by atoms with Crippen molar-refractivity contribution in [2.45, 2.75) is 25.7 Å². The molecule has 0 heterocycles. The number of halogens is 4. The average molecular weight is 462 g/mol. The van der Waals surface area contributed by atoms with Crippen LogP contribution >= 0.6 is 46.4 Å². The number of benzene rings is 2. The minimum Gasteiger partial charge on any atom is -0.352 e. The number of nitrogens with one attached hydrogen (secondary N) is 2. The summed E-state index contributed by atoms with van der Waals surface area (Å²) in [7, 11) is 0. The van der Waals surface area contributed by atoms with Crippen LogP contribution < -0.4 is 10.6 Å². The zero-order valence-corrected chi connectivity index (χ0v) is 18.1. The van der Waals surface area contributed by atoms with E-state index in [0.29, 0.717) is 44.3 Å². The molecule has 2 aromatic rings. The van der Waals surface area contributed by atoms with Gasteiger partial charge in [-0.25, -0.2) is 0 Å². The van der Waals surface area contributed by atoms with Crippen LogP contribution in [0.5, 0.6) is 0 Å². The Morgan fingerprint density at radius 2 is 0.929 bits per heavy atom. The van der Waals surface area contributed by atoms with Crippen molar-refractivity contribution in [1.29, 1.82) is 0 Å². The number of rotatable bonds is 9. The van der Waals surface area contributed by atoms with Crippen LogP contribution in [0.3, 0.4) is 0 Å². The molecular weight excluding hydrogens is 442 g/mol. The monoisotopic (exact) mass is 460 g/mol. The Balaban J connectivity index is 1.61. The summed E-state index contributed by atoms with van der Waals surface area (Å²) >= 11 is 24.1. The normalized spacial score (nSPS) is 10.6. The quantitative estimate of drug-likeness (QED) is 0.448. The van der Waals surface area contributed by atoms with E-state index in [1.165, 1.54) is 0 Å². The molecule has 0 aliphatic heterocycles. The van der Waals surface area contributed by atoms with Crippen LogP contribution in [-0.2, 0) is 0 Å². The first-order valence-electron chi connectivity index (χ1n) is 8.86. The van der Waals surface area contributed by atoms with E-state index in [4.69, 9.17) is 46.4 Å². The second-order valence-electron chi connectivity index (χ2n) is 6.12. The van der Waals surface area contributed by atoms with Gasteiger partial charge in [-0.2, -0.15) is 0 Å². The topological polar surface area (TPSA) is 58.2 Å². The molecule has 0 saturated heterocycles. The summed E-state index contributed by atoms with van der Waals surface area (Å²) in [6.45, 7) is 1.06. The molecule has 0 saturated carbocycles. The molecule has 2 amide bonds. The van der Waals surface area contributed by atoms with Crippen LogP contribution in [0, 0.1) is 0 Å². The Kier molecular flexibility index (Phi) is 9.39. The third kappa shape index (κ3) is 6.56. The van der Waals surface area contributed by atoms with E-state index in [1.807, 2.05) is 0 Å². The maximum absolute atomic E-state index is 12.1. The summed E-state index contributed by atoms with van der Waals surface area (Å²) in [6, 6.07) is 9.91. The fourth-order valence-corrected chi connectivity index (χ4v) is 3.75. The van der Waals surface area contributed by atoms with Crippen molar-refractivity contribution >= 4 is 58.2 Å². The fraction of sp³-hybridized carbons (Fsp3) is 0.300. The number of carbonyl (C=O) groups excluding carboxylic acids is 2. The predicted octanol–water partition coefficient (Wildman–Crippen LogP) is 6.02. The van der Waals surface area contributed by atoms with Gasteiger partial charge in [-0.3, -0.25) is 9.59 Å². The highest BCUT2D eigenvalue weighted by Crippen LogP contribution is 2.24. The van der Waals surface area contributed by atoms with Gasteiger partial charge in [0.05, 0.1) is 31.2 Å². The highest BCUT2D eigenvalue weighted by Gasteiger charge is 2.14. The van der Waals surface area contributed by atoms with Gasteiger partial charge >= 0.3 is 0 Å². The summed E-state index contributed by atoms with van der Waals surface area (Å²) in [5, 5.41) is 6.96. The van der Waals surface area contributed by atoms with Crippen LogP contribution in [0.2, 0.25) is 20.1 Å². The van der Waals surface area contributed by atoms with Crippen molar-refractivity contribution in [3.63, 3.8) is 0 Å². The first-order valence-corrected chi connectivity index (χ1v) is 10.4. The lowest BCUT2D eigenvalue weighted by atomic mass is 10.1. The Labute approximate surface area is 184 Å². The van der Waals surface area contributed by atoms with Gasteiger partial charge in [-0.05, 0) is 37.1 Å². The van der Waals surface area contributed by atoms with Crippen LogP contribution in [0.4, 0.5) is 0 Å². The molecular formula is C20H20Cl4N2O2. The second kappa shape index (κ2) is 11.5. The standard InChI is InChI=1S/C20H20Cl4N2O2/c21-13-7-5-8-14(22)17(13)19(27)25-11-3-1-2-4-12-26-20(28)18-15(23)9-6-10-16(18)24/h5-10H,1-4,11-12H2,(H,25,27)(H,26,28). The Bertz CT molecular complexity index is 733. The minimum absolute atomic E-state index is 0.278. The molecule has 0 aliphatic rings. The molecule has 2 aromatic carbocycles. The highest BCUT2D eigenvalue weighted by molar-refractivity contribution is 6.40. The van der Waals surface area contributed by atoms with Gasteiger partial charge in [0.25, 0.3) is 11.8 Å². The van der Waals surface area contributed by atoms with Crippen molar-refractivity contribution < 1.29 is 9.59 Å². The minimum atomic E-state index is -0.278. The lowest BCUT2D eigenvalue weighted by Gasteiger charge is -2.09. The molecule has 0 atom stereocenters. The molecule has 0 spiro atoms. The molecule has 0 aliphatic carbocycles. The number of hydrogen-bond donors (Lipinski definition) is 2. The SMILES string of the molecule is O=C(NCCCCCCNC(=O)c1c(Cl)cccc1Cl)c1c(Cl)cccc1Cl. The summed E-state index contributed by atoms with van der Waals surface area (Å²) in [4.78, 5) is 24.3. The van der Waals surface area contributed by atoms with Crippen molar-refractivity contribution in [2.75, 3.05) is 13.1 Å². The van der Waals surface area contributed by atoms with Gasteiger partial charge in [-0.15, -0.1) is 0 Å². The molecule has 2 rings (SSSR count). The lowest BCUT2D eigenvalue weighted by Crippen LogP contribution is -2.25. The zero-order valence-electron chi connectivity index (χ0n) is 15.0. The second-order valence-corrected chi connectivity index (χ2v) is 7.75. The molecule has 8 heteroatoms. The van der Waals surface area contributed by atoms with E-state index < -0.39 is 0 Å². The molecule has 0 bridgehead atoms. The van der Waals surface area contributed by atoms with Crippen LogP contribution in [-0.4, -0.2) is 24.9 Å². The molecule has 0 aromatic heterocycles. The molecule has 0 fully saturated rings. The predicted molar refractivity (Wildman–Crippen MR) is 116 cm³/mol. The van der Waals surface area contributed by atoms with Gasteiger partial charge < -0.3 is 10.6 Å². The van der Waals surface area contributed by atoms with Crippen molar-refractivity contribution in [2.24, 2.45) is 0 Å². The molecule has 0 unspecified atom stereocenters. The Morgan fingerprint density at radius 3 is 1.25 bits per heavy atom. The third-order valence-corrected chi connectivity index (χ3v) is 5.31. The smallest absolute Gasteiger partial charge is 0.254 e.